The minimum absolute atomic E-state index is 0.0139. The molecule has 1 aliphatic heterocycles. The van der Waals surface area contributed by atoms with Gasteiger partial charge in [-0.3, -0.25) is 9.48 Å². The molecule has 0 aromatic carbocycles. The molecule has 7 rings (SSSR count). The van der Waals surface area contributed by atoms with Crippen molar-refractivity contribution in [2.24, 2.45) is 23.5 Å². The van der Waals surface area contributed by atoms with Crippen LogP contribution < -0.4 is 15.5 Å². The SMILES string of the molecule is C[C@@H]1CN(c2cn(C3C4CC5CC3CC(O)(C5)C4)nc2F)CCN1c1nccc(C(N)=O)n1. The molecule has 2 aromatic rings. The summed E-state index contributed by atoms with van der Waals surface area (Å²) in [6.45, 7) is 3.81. The number of halogens is 1. The van der Waals surface area contributed by atoms with Crippen molar-refractivity contribution < 1.29 is 14.3 Å². The molecule has 0 spiro atoms. The third kappa shape index (κ3) is 3.46. The first-order valence-corrected chi connectivity index (χ1v) is 11.9. The lowest BCUT2D eigenvalue weighted by molar-refractivity contribution is -0.148. The van der Waals surface area contributed by atoms with Crippen LogP contribution in [0.5, 0.6) is 0 Å². The van der Waals surface area contributed by atoms with Crippen LogP contribution in [0.15, 0.2) is 18.5 Å². The van der Waals surface area contributed by atoms with E-state index >= 15 is 4.39 Å². The Morgan fingerprint density at radius 1 is 1.24 bits per heavy atom. The number of primary amides is 1. The monoisotopic (exact) mass is 455 g/mol. The summed E-state index contributed by atoms with van der Waals surface area (Å²) in [6.07, 6.45) is 8.18. The summed E-state index contributed by atoms with van der Waals surface area (Å²) in [5.41, 5.74) is 5.55. The normalized spacial score (nSPS) is 35.3. The zero-order chi connectivity index (χ0) is 22.9. The van der Waals surface area contributed by atoms with Gasteiger partial charge in [-0.25, -0.2) is 9.97 Å². The minimum Gasteiger partial charge on any atom is -0.390 e. The van der Waals surface area contributed by atoms with Gasteiger partial charge in [0.05, 0.1) is 17.8 Å². The third-order valence-corrected chi connectivity index (χ3v) is 8.29. The second kappa shape index (κ2) is 7.38. The maximum atomic E-state index is 15.1. The zero-order valence-corrected chi connectivity index (χ0v) is 18.8. The average Bonchev–Trinajstić information content (AvgIpc) is 3.13. The molecule has 2 unspecified atom stereocenters. The van der Waals surface area contributed by atoms with Gasteiger partial charge in [0.15, 0.2) is 0 Å². The first-order chi connectivity index (χ1) is 15.8. The van der Waals surface area contributed by atoms with Crippen molar-refractivity contribution in [3.63, 3.8) is 0 Å². The van der Waals surface area contributed by atoms with Crippen molar-refractivity contribution in [2.75, 3.05) is 29.4 Å². The molecular formula is C23H30FN7O2. The molecule has 3 atom stereocenters. The molecule has 5 fully saturated rings. The standard InChI is InChI=1S/C23H30FN7O2/c1-13-11-29(4-5-30(13)22-26-3-2-17(27-22)21(25)32)18-12-31(28-20(18)24)19-15-6-14-7-16(19)10-23(33,8-14)9-15/h2-3,12-16,19,33H,4-11H2,1H3,(H2,25,32)/t13-,14?,15?,16?,19?,23?/m1/s1. The van der Waals surface area contributed by atoms with E-state index in [1.54, 1.807) is 0 Å². The Balaban J connectivity index is 1.20. The summed E-state index contributed by atoms with van der Waals surface area (Å²) < 4.78 is 16.9. The van der Waals surface area contributed by atoms with Crippen molar-refractivity contribution in [3.8, 4) is 0 Å². The number of aromatic nitrogens is 4. The highest BCUT2D eigenvalue weighted by molar-refractivity contribution is 5.90. The number of carbonyl (C=O) groups is 1. The number of anilines is 2. The molecule has 4 aliphatic carbocycles. The molecule has 3 N–H and O–H groups in total. The van der Waals surface area contributed by atoms with Crippen molar-refractivity contribution in [1.82, 2.24) is 19.7 Å². The summed E-state index contributed by atoms with van der Waals surface area (Å²) in [5, 5.41) is 15.2. The lowest BCUT2D eigenvalue weighted by Crippen LogP contribution is -2.55. The van der Waals surface area contributed by atoms with Gasteiger partial charge in [-0.1, -0.05) is 0 Å². The number of nitrogens with two attached hydrogens (primary N) is 1. The van der Waals surface area contributed by atoms with Gasteiger partial charge in [0, 0.05) is 31.9 Å². The van der Waals surface area contributed by atoms with Crippen LogP contribution in [0.25, 0.3) is 0 Å². The van der Waals surface area contributed by atoms with Gasteiger partial charge in [0.1, 0.15) is 11.4 Å². The molecule has 1 saturated heterocycles. The van der Waals surface area contributed by atoms with E-state index in [4.69, 9.17) is 5.73 Å². The Kier molecular flexibility index (Phi) is 4.66. The number of piperazine rings is 1. The Hall–Kier alpha value is -2.75. The van der Waals surface area contributed by atoms with E-state index in [-0.39, 0.29) is 17.8 Å². The molecule has 3 heterocycles. The second-order valence-corrected chi connectivity index (χ2v) is 10.6. The summed E-state index contributed by atoms with van der Waals surface area (Å²) in [6, 6.07) is 1.69. The molecule has 9 nitrogen and oxygen atoms in total. The van der Waals surface area contributed by atoms with Gasteiger partial charge in [0.2, 0.25) is 5.95 Å². The summed E-state index contributed by atoms with van der Waals surface area (Å²) in [5.74, 6) is 0.790. The van der Waals surface area contributed by atoms with E-state index in [1.807, 2.05) is 27.6 Å². The van der Waals surface area contributed by atoms with Crippen LogP contribution in [0.3, 0.4) is 0 Å². The van der Waals surface area contributed by atoms with Gasteiger partial charge in [-0.05, 0) is 62.8 Å². The van der Waals surface area contributed by atoms with Crippen molar-refractivity contribution in [2.45, 2.75) is 56.7 Å². The van der Waals surface area contributed by atoms with Gasteiger partial charge in [-0.15, -0.1) is 5.10 Å². The smallest absolute Gasteiger partial charge is 0.267 e. The first kappa shape index (κ1) is 20.8. The molecular weight excluding hydrogens is 425 g/mol. The largest absolute Gasteiger partial charge is 0.390 e. The maximum Gasteiger partial charge on any atom is 0.267 e. The number of carbonyl (C=O) groups excluding carboxylic acids is 1. The Labute approximate surface area is 191 Å². The molecule has 10 heteroatoms. The molecule has 5 aliphatic rings. The van der Waals surface area contributed by atoms with Gasteiger partial charge >= 0.3 is 0 Å². The van der Waals surface area contributed by atoms with E-state index in [0.717, 1.165) is 32.1 Å². The van der Waals surface area contributed by atoms with Crippen molar-refractivity contribution in [3.05, 3.63) is 30.1 Å². The van der Waals surface area contributed by atoms with Gasteiger partial charge in [-0.2, -0.15) is 4.39 Å². The molecule has 176 valence electrons. The summed E-state index contributed by atoms with van der Waals surface area (Å²) in [7, 11) is 0. The molecule has 33 heavy (non-hydrogen) atoms. The van der Waals surface area contributed by atoms with Gasteiger partial charge in [0.25, 0.3) is 11.9 Å². The number of amides is 1. The Bertz CT molecular complexity index is 1070. The minimum atomic E-state index is -0.587. The van der Waals surface area contributed by atoms with Crippen LogP contribution in [0.1, 0.15) is 55.6 Å². The van der Waals surface area contributed by atoms with E-state index in [9.17, 15) is 9.90 Å². The van der Waals surface area contributed by atoms with E-state index in [2.05, 4.69) is 15.1 Å². The summed E-state index contributed by atoms with van der Waals surface area (Å²) >= 11 is 0. The van der Waals surface area contributed by atoms with Gasteiger partial charge < -0.3 is 20.6 Å². The van der Waals surface area contributed by atoms with Crippen molar-refractivity contribution in [1.29, 1.82) is 0 Å². The number of rotatable bonds is 4. The zero-order valence-electron chi connectivity index (χ0n) is 18.8. The molecule has 1 amide bonds. The Morgan fingerprint density at radius 3 is 2.67 bits per heavy atom. The second-order valence-electron chi connectivity index (χ2n) is 10.6. The highest BCUT2D eigenvalue weighted by atomic mass is 19.1. The van der Waals surface area contributed by atoms with E-state index < -0.39 is 17.5 Å². The highest BCUT2D eigenvalue weighted by Crippen LogP contribution is 2.59. The van der Waals surface area contributed by atoms with E-state index in [1.165, 1.54) is 12.3 Å². The maximum absolute atomic E-state index is 15.1. The summed E-state index contributed by atoms with van der Waals surface area (Å²) in [4.78, 5) is 24.1. The predicted molar refractivity (Wildman–Crippen MR) is 119 cm³/mol. The lowest BCUT2D eigenvalue weighted by atomic mass is 9.52. The molecule has 0 radical (unpaired) electrons. The predicted octanol–water partition coefficient (Wildman–Crippen LogP) is 1.74. The number of hydrogen-bond donors (Lipinski definition) is 2. The Morgan fingerprint density at radius 2 is 2.00 bits per heavy atom. The number of aliphatic hydroxyl groups is 1. The van der Waals surface area contributed by atoms with Crippen LogP contribution in [0.4, 0.5) is 16.0 Å². The molecule has 4 bridgehead atoms. The number of nitrogens with zero attached hydrogens (tertiary/aromatic N) is 6. The fraction of sp³-hybridized carbons (Fsp3) is 0.652. The highest BCUT2D eigenvalue weighted by Gasteiger charge is 2.55. The molecule has 2 aromatic heterocycles. The average molecular weight is 456 g/mol. The first-order valence-electron chi connectivity index (χ1n) is 11.9. The topological polar surface area (TPSA) is 113 Å². The lowest BCUT2D eigenvalue weighted by Gasteiger charge is -2.57. The number of hydrogen-bond acceptors (Lipinski definition) is 7. The fourth-order valence-corrected chi connectivity index (χ4v) is 7.21. The van der Waals surface area contributed by atoms with Crippen LogP contribution in [-0.2, 0) is 0 Å². The quantitative estimate of drug-likeness (QED) is 0.722. The van der Waals surface area contributed by atoms with Crippen molar-refractivity contribution >= 4 is 17.5 Å². The van der Waals surface area contributed by atoms with Crippen LogP contribution in [-0.4, -0.2) is 62.0 Å². The van der Waals surface area contributed by atoms with E-state index in [0.29, 0.717) is 49.0 Å². The van der Waals surface area contributed by atoms with Crippen LogP contribution in [0.2, 0.25) is 0 Å². The molecule has 4 saturated carbocycles. The van der Waals surface area contributed by atoms with Crippen LogP contribution >= 0.6 is 0 Å². The fourth-order valence-electron chi connectivity index (χ4n) is 7.21. The third-order valence-electron chi connectivity index (χ3n) is 8.29. The van der Waals surface area contributed by atoms with Crippen LogP contribution in [0, 0.1) is 23.7 Å².